The molecule has 0 radical (unpaired) electrons. The fraction of sp³-hybridized carbons (Fsp3) is 0.176. The van der Waals surface area contributed by atoms with Gasteiger partial charge in [0.05, 0.1) is 19.8 Å². The fourth-order valence-electron chi connectivity index (χ4n) is 2.01. The van der Waals surface area contributed by atoms with Gasteiger partial charge in [-0.05, 0) is 23.3 Å². The molecule has 122 valence electrons. The highest BCUT2D eigenvalue weighted by molar-refractivity contribution is 9.10. The van der Waals surface area contributed by atoms with Gasteiger partial charge < -0.3 is 14.0 Å². The van der Waals surface area contributed by atoms with Crippen LogP contribution in [0.25, 0.3) is 6.08 Å². The van der Waals surface area contributed by atoms with E-state index in [9.17, 15) is 8.94 Å². The zero-order valence-electron chi connectivity index (χ0n) is 12.7. The molecule has 2 aromatic rings. The predicted molar refractivity (Wildman–Crippen MR) is 94.5 cm³/mol. The smallest absolute Gasteiger partial charge is 0.135 e. The van der Waals surface area contributed by atoms with E-state index in [1.165, 1.54) is 26.4 Å². The van der Waals surface area contributed by atoms with Crippen LogP contribution in [0.5, 0.6) is 11.5 Å². The summed E-state index contributed by atoms with van der Waals surface area (Å²) < 4.78 is 36.9. The number of ether oxygens (including phenoxy) is 2. The third kappa shape index (κ3) is 4.99. The molecule has 0 fully saturated rings. The van der Waals surface area contributed by atoms with Crippen LogP contribution in [-0.4, -0.2) is 18.8 Å². The van der Waals surface area contributed by atoms with Crippen molar-refractivity contribution in [1.29, 1.82) is 0 Å². The van der Waals surface area contributed by atoms with Crippen molar-refractivity contribution >= 4 is 33.2 Å². The van der Waals surface area contributed by atoms with Gasteiger partial charge in [0.1, 0.15) is 28.5 Å². The number of halogens is 2. The Balaban J connectivity index is 2.17. The minimum Gasteiger partial charge on any atom is -0.612 e. The van der Waals surface area contributed by atoms with Crippen LogP contribution >= 0.6 is 15.9 Å². The summed E-state index contributed by atoms with van der Waals surface area (Å²) in [5, 5.41) is 1.56. The first-order chi connectivity index (χ1) is 11.0. The van der Waals surface area contributed by atoms with E-state index in [1.54, 1.807) is 11.5 Å². The minimum absolute atomic E-state index is 0.332. The highest BCUT2D eigenvalue weighted by Gasteiger charge is 2.12. The summed E-state index contributed by atoms with van der Waals surface area (Å²) in [6.45, 7) is 0. The third-order valence-electron chi connectivity index (χ3n) is 3.12. The maximum atomic E-state index is 13.5. The molecule has 3 nitrogen and oxygen atoms in total. The zero-order valence-corrected chi connectivity index (χ0v) is 15.1. The predicted octanol–water partition coefficient (Wildman–Crippen LogP) is 4.53. The van der Waals surface area contributed by atoms with Gasteiger partial charge in [0.15, 0.2) is 0 Å². The van der Waals surface area contributed by atoms with Crippen LogP contribution in [0, 0.1) is 5.82 Å². The lowest BCUT2D eigenvalue weighted by atomic mass is 10.1. The van der Waals surface area contributed by atoms with Gasteiger partial charge in [-0.3, -0.25) is 0 Å². The van der Waals surface area contributed by atoms with Crippen molar-refractivity contribution in [1.82, 2.24) is 0 Å². The van der Waals surface area contributed by atoms with Crippen molar-refractivity contribution in [3.63, 3.8) is 0 Å². The molecule has 2 aromatic carbocycles. The van der Waals surface area contributed by atoms with E-state index in [0.29, 0.717) is 22.8 Å². The molecule has 0 amide bonds. The summed E-state index contributed by atoms with van der Waals surface area (Å²) in [5.74, 6) is 0.611. The molecular formula is C17H16BrFO3S. The van der Waals surface area contributed by atoms with Crippen molar-refractivity contribution in [3.05, 3.63) is 63.2 Å². The quantitative estimate of drug-likeness (QED) is 0.671. The normalized spacial score (nSPS) is 12.4. The Morgan fingerprint density at radius 2 is 1.70 bits per heavy atom. The van der Waals surface area contributed by atoms with Crippen LogP contribution < -0.4 is 9.47 Å². The van der Waals surface area contributed by atoms with Crippen molar-refractivity contribution in [2.75, 3.05) is 14.2 Å². The lowest BCUT2D eigenvalue weighted by molar-refractivity contribution is 0.387. The number of benzene rings is 2. The molecule has 0 aliphatic heterocycles. The molecule has 0 saturated carbocycles. The Morgan fingerprint density at radius 1 is 1.13 bits per heavy atom. The maximum Gasteiger partial charge on any atom is 0.135 e. The lowest BCUT2D eigenvalue weighted by Gasteiger charge is -2.11. The molecule has 0 saturated heterocycles. The Morgan fingerprint density at radius 3 is 2.22 bits per heavy atom. The van der Waals surface area contributed by atoms with Gasteiger partial charge in [0.2, 0.25) is 0 Å². The van der Waals surface area contributed by atoms with Gasteiger partial charge in [-0.15, -0.1) is 0 Å². The fourth-order valence-corrected chi connectivity index (χ4v) is 3.18. The highest BCUT2D eigenvalue weighted by Crippen LogP contribution is 2.31. The summed E-state index contributed by atoms with van der Waals surface area (Å²) >= 11 is 2.16. The van der Waals surface area contributed by atoms with Gasteiger partial charge in [-0.1, -0.05) is 28.1 Å². The van der Waals surface area contributed by atoms with E-state index in [4.69, 9.17) is 9.47 Å². The van der Waals surface area contributed by atoms with Crippen LogP contribution in [0.2, 0.25) is 0 Å². The lowest BCUT2D eigenvalue weighted by Crippen LogP contribution is -2.00. The van der Waals surface area contributed by atoms with E-state index >= 15 is 0 Å². The van der Waals surface area contributed by atoms with E-state index in [1.807, 2.05) is 24.3 Å². The first-order valence-electron chi connectivity index (χ1n) is 6.75. The highest BCUT2D eigenvalue weighted by atomic mass is 79.9. The van der Waals surface area contributed by atoms with Gasteiger partial charge in [0.25, 0.3) is 0 Å². The van der Waals surface area contributed by atoms with E-state index in [2.05, 4.69) is 15.9 Å². The van der Waals surface area contributed by atoms with Crippen LogP contribution in [0.4, 0.5) is 4.39 Å². The Labute approximate surface area is 146 Å². The molecule has 2 rings (SSSR count). The molecular weight excluding hydrogens is 383 g/mol. The second-order valence-corrected chi connectivity index (χ2v) is 6.92. The van der Waals surface area contributed by atoms with E-state index < -0.39 is 17.0 Å². The van der Waals surface area contributed by atoms with E-state index in [0.717, 1.165) is 10.0 Å². The third-order valence-corrected chi connectivity index (χ3v) is 4.70. The van der Waals surface area contributed by atoms with Crippen molar-refractivity contribution in [2.24, 2.45) is 0 Å². The SMILES string of the molecule is COc1cc(F)cc(OC)c1C=C[S+]([O-])Cc1ccc(Br)cc1. The van der Waals surface area contributed by atoms with Crippen LogP contribution in [-0.2, 0) is 16.9 Å². The molecule has 1 unspecified atom stereocenters. The van der Waals surface area contributed by atoms with Crippen molar-refractivity contribution in [2.45, 2.75) is 5.75 Å². The topological polar surface area (TPSA) is 41.5 Å². The largest absolute Gasteiger partial charge is 0.612 e. The first kappa shape index (κ1) is 17.8. The van der Waals surface area contributed by atoms with Gasteiger partial charge in [-0.2, -0.15) is 0 Å². The Kier molecular flexibility index (Phi) is 6.50. The first-order valence-corrected chi connectivity index (χ1v) is 8.92. The number of hydrogen-bond donors (Lipinski definition) is 0. The second kappa shape index (κ2) is 8.38. The summed E-state index contributed by atoms with van der Waals surface area (Å²) in [6, 6.07) is 10.2. The molecule has 0 heterocycles. The minimum atomic E-state index is -1.20. The molecule has 1 atom stereocenters. The number of methoxy groups -OCH3 is 2. The molecule has 6 heteroatoms. The van der Waals surface area contributed by atoms with Gasteiger partial charge >= 0.3 is 0 Å². The standard InChI is InChI=1S/C17H16BrFO3S/c1-21-16-9-14(19)10-17(22-2)15(16)7-8-23(20)11-12-3-5-13(18)6-4-12/h3-10H,11H2,1-2H3. The number of hydrogen-bond acceptors (Lipinski definition) is 3. The van der Waals surface area contributed by atoms with Crippen molar-refractivity contribution < 1.29 is 18.4 Å². The van der Waals surface area contributed by atoms with Crippen LogP contribution in [0.1, 0.15) is 11.1 Å². The summed E-state index contributed by atoms with van der Waals surface area (Å²) in [6.07, 6.45) is 1.63. The van der Waals surface area contributed by atoms with Gasteiger partial charge in [-0.25, -0.2) is 4.39 Å². The molecule has 0 bridgehead atoms. The zero-order chi connectivity index (χ0) is 16.8. The van der Waals surface area contributed by atoms with Crippen LogP contribution in [0.3, 0.4) is 0 Å². The van der Waals surface area contributed by atoms with Crippen molar-refractivity contribution in [3.8, 4) is 11.5 Å². The average Bonchev–Trinajstić information content (AvgIpc) is 2.54. The average molecular weight is 399 g/mol. The molecule has 0 spiro atoms. The number of rotatable bonds is 6. The molecule has 0 aromatic heterocycles. The summed E-state index contributed by atoms with van der Waals surface area (Å²) in [5.41, 5.74) is 1.52. The summed E-state index contributed by atoms with van der Waals surface area (Å²) in [7, 11) is 2.90. The Bertz CT molecular complexity index is 664. The summed E-state index contributed by atoms with van der Waals surface area (Å²) in [4.78, 5) is 0. The molecule has 0 aliphatic rings. The molecule has 0 aliphatic carbocycles. The molecule has 0 N–H and O–H groups in total. The maximum absolute atomic E-state index is 13.5. The van der Waals surface area contributed by atoms with Crippen LogP contribution in [0.15, 0.2) is 46.3 Å². The second-order valence-electron chi connectivity index (χ2n) is 4.68. The molecule has 23 heavy (non-hydrogen) atoms. The Hall–Kier alpha value is -1.50. The van der Waals surface area contributed by atoms with Gasteiger partial charge in [0, 0.05) is 28.2 Å². The monoisotopic (exact) mass is 398 g/mol. The van der Waals surface area contributed by atoms with E-state index in [-0.39, 0.29) is 0 Å².